The van der Waals surface area contributed by atoms with Gasteiger partial charge in [0.05, 0.1) is 12.7 Å². The molecule has 0 aromatic heterocycles. The van der Waals surface area contributed by atoms with Crippen molar-refractivity contribution in [3.05, 3.63) is 0 Å². The Morgan fingerprint density at radius 1 is 1.58 bits per heavy atom. The molecule has 1 rings (SSSR count). The third-order valence-electron chi connectivity index (χ3n) is 1.55. The number of halogens is 2. The summed E-state index contributed by atoms with van der Waals surface area (Å²) in [5, 5.41) is 9.04. The first-order valence-corrected chi connectivity index (χ1v) is 3.79. The van der Waals surface area contributed by atoms with E-state index < -0.39 is 18.3 Å². The third kappa shape index (κ3) is 1.91. The summed E-state index contributed by atoms with van der Waals surface area (Å²) in [5.41, 5.74) is 0. The number of aliphatic hydroxyl groups is 1. The molecule has 0 bridgehead atoms. The van der Waals surface area contributed by atoms with Crippen LogP contribution in [0.3, 0.4) is 0 Å². The van der Waals surface area contributed by atoms with Crippen molar-refractivity contribution in [2.75, 3.05) is 6.61 Å². The molecule has 3 nitrogen and oxygen atoms in total. The van der Waals surface area contributed by atoms with Gasteiger partial charge in [-0.3, -0.25) is 0 Å². The summed E-state index contributed by atoms with van der Waals surface area (Å²) in [6.07, 6.45) is -6.47. The molecule has 0 saturated carbocycles. The second-order valence-electron chi connectivity index (χ2n) is 3.05. The van der Waals surface area contributed by atoms with Gasteiger partial charge in [0.15, 0.2) is 6.10 Å². The van der Waals surface area contributed by atoms with E-state index in [1.807, 2.05) is 0 Å². The Hall–Kier alpha value is -0.260. The Morgan fingerprint density at radius 2 is 2.17 bits per heavy atom. The average Bonchev–Trinajstić information content (AvgIpc) is 2.15. The highest BCUT2D eigenvalue weighted by atomic mass is 19.3. The zero-order chi connectivity index (χ0) is 9.35. The Balaban J connectivity index is 2.59. The normalized spacial score (nSPS) is 34.5. The van der Waals surface area contributed by atoms with Crippen LogP contribution < -0.4 is 0 Å². The van der Waals surface area contributed by atoms with E-state index in [2.05, 4.69) is 4.74 Å². The van der Waals surface area contributed by atoms with Gasteiger partial charge in [-0.2, -0.15) is 8.78 Å². The highest BCUT2D eigenvalue weighted by molar-refractivity contribution is 4.84. The first-order chi connectivity index (χ1) is 5.43. The summed E-state index contributed by atoms with van der Waals surface area (Å²) in [5.74, 6) is 0. The summed E-state index contributed by atoms with van der Waals surface area (Å²) in [6.45, 7) is 2.88. The molecule has 0 radical (unpaired) electrons. The van der Waals surface area contributed by atoms with E-state index in [9.17, 15) is 8.78 Å². The lowest BCUT2D eigenvalue weighted by Crippen LogP contribution is -2.39. The summed E-state index contributed by atoms with van der Waals surface area (Å²) < 4.78 is 34.3. The lowest BCUT2D eigenvalue weighted by Gasteiger charge is -2.21. The lowest BCUT2D eigenvalue weighted by atomic mass is 10.2. The zero-order valence-corrected chi connectivity index (χ0v) is 6.96. The first kappa shape index (κ1) is 9.83. The van der Waals surface area contributed by atoms with E-state index in [0.717, 1.165) is 0 Å². The molecule has 1 aliphatic heterocycles. The van der Waals surface area contributed by atoms with Gasteiger partial charge in [0.2, 0.25) is 0 Å². The lowest BCUT2D eigenvalue weighted by molar-refractivity contribution is -0.265. The molecule has 72 valence electrons. The van der Waals surface area contributed by atoms with Gasteiger partial charge >= 0.3 is 6.11 Å². The second kappa shape index (κ2) is 3.24. The van der Waals surface area contributed by atoms with Gasteiger partial charge in [-0.1, -0.05) is 0 Å². The molecule has 0 spiro atoms. The molecule has 1 N–H and O–H groups in total. The smallest absolute Gasteiger partial charge is 0.384 e. The minimum Gasteiger partial charge on any atom is -0.388 e. The van der Waals surface area contributed by atoms with Crippen LogP contribution in [0.2, 0.25) is 0 Å². The highest BCUT2D eigenvalue weighted by Gasteiger charge is 2.52. The molecule has 5 heteroatoms. The van der Waals surface area contributed by atoms with Crippen molar-refractivity contribution in [3.63, 3.8) is 0 Å². The monoisotopic (exact) mass is 182 g/mol. The molecule has 0 aliphatic carbocycles. The van der Waals surface area contributed by atoms with Crippen LogP contribution in [0.1, 0.15) is 13.8 Å². The van der Waals surface area contributed by atoms with E-state index in [1.165, 1.54) is 0 Å². The summed E-state index contributed by atoms with van der Waals surface area (Å²) >= 11 is 0. The number of hydrogen-bond acceptors (Lipinski definition) is 3. The fourth-order valence-electron chi connectivity index (χ4n) is 1.05. The van der Waals surface area contributed by atoms with Crippen molar-refractivity contribution in [1.29, 1.82) is 0 Å². The van der Waals surface area contributed by atoms with Crippen LogP contribution in [-0.4, -0.2) is 36.1 Å². The SMILES string of the molecule is CC(C)O[C@@H]1[C@@H](O)COC1(F)F. The van der Waals surface area contributed by atoms with Crippen LogP contribution in [0.25, 0.3) is 0 Å². The van der Waals surface area contributed by atoms with Gasteiger partial charge < -0.3 is 14.6 Å². The molecular formula is C7H12F2O3. The van der Waals surface area contributed by atoms with E-state index in [-0.39, 0.29) is 12.7 Å². The third-order valence-corrected chi connectivity index (χ3v) is 1.55. The van der Waals surface area contributed by atoms with Gasteiger partial charge in [0.1, 0.15) is 6.10 Å². The number of aliphatic hydroxyl groups excluding tert-OH is 1. The molecule has 0 aromatic rings. The van der Waals surface area contributed by atoms with Crippen molar-refractivity contribution < 1.29 is 23.4 Å². The van der Waals surface area contributed by atoms with Crippen molar-refractivity contribution in [2.24, 2.45) is 0 Å². The van der Waals surface area contributed by atoms with Crippen LogP contribution in [0.15, 0.2) is 0 Å². The van der Waals surface area contributed by atoms with Gasteiger partial charge in [-0.15, -0.1) is 0 Å². The summed E-state index contributed by atoms with van der Waals surface area (Å²) in [6, 6.07) is 0. The fourth-order valence-corrected chi connectivity index (χ4v) is 1.05. The van der Waals surface area contributed by atoms with E-state index in [4.69, 9.17) is 9.84 Å². The maximum Gasteiger partial charge on any atom is 0.384 e. The van der Waals surface area contributed by atoms with Gasteiger partial charge in [0, 0.05) is 0 Å². The maximum absolute atomic E-state index is 12.7. The number of alkyl halides is 2. The van der Waals surface area contributed by atoms with Crippen molar-refractivity contribution in [1.82, 2.24) is 0 Å². The average molecular weight is 182 g/mol. The van der Waals surface area contributed by atoms with Crippen molar-refractivity contribution in [3.8, 4) is 0 Å². The molecule has 1 heterocycles. The standard InChI is InChI=1S/C7H12F2O3/c1-4(2)12-6-5(10)3-11-7(6,8)9/h4-6,10H,3H2,1-2H3/t5-,6+/m0/s1. The van der Waals surface area contributed by atoms with E-state index >= 15 is 0 Å². The molecule has 0 unspecified atom stereocenters. The van der Waals surface area contributed by atoms with Crippen molar-refractivity contribution >= 4 is 0 Å². The van der Waals surface area contributed by atoms with Gasteiger partial charge in [0.25, 0.3) is 0 Å². The summed E-state index contributed by atoms with van der Waals surface area (Å²) in [7, 11) is 0. The Morgan fingerprint density at radius 3 is 2.50 bits per heavy atom. The maximum atomic E-state index is 12.7. The minimum atomic E-state index is -3.36. The number of hydrogen-bond donors (Lipinski definition) is 1. The van der Waals surface area contributed by atoms with Crippen LogP contribution in [0, 0.1) is 0 Å². The molecule has 0 aromatic carbocycles. The Labute approximate surface area is 69.3 Å². The van der Waals surface area contributed by atoms with Gasteiger partial charge in [-0.25, -0.2) is 0 Å². The predicted octanol–water partition coefficient (Wildman–Crippen LogP) is 0.764. The molecule has 0 amide bonds. The molecule has 1 saturated heterocycles. The van der Waals surface area contributed by atoms with Gasteiger partial charge in [-0.05, 0) is 13.8 Å². The second-order valence-corrected chi connectivity index (χ2v) is 3.05. The molecular weight excluding hydrogens is 170 g/mol. The fraction of sp³-hybridized carbons (Fsp3) is 1.00. The Kier molecular flexibility index (Phi) is 2.65. The summed E-state index contributed by atoms with van der Waals surface area (Å²) in [4.78, 5) is 0. The van der Waals surface area contributed by atoms with E-state index in [1.54, 1.807) is 13.8 Å². The Bertz CT molecular complexity index is 161. The molecule has 1 aliphatic rings. The van der Waals surface area contributed by atoms with Crippen LogP contribution in [0.4, 0.5) is 8.78 Å². The molecule has 2 atom stereocenters. The predicted molar refractivity (Wildman–Crippen MR) is 36.9 cm³/mol. The topological polar surface area (TPSA) is 38.7 Å². The number of ether oxygens (including phenoxy) is 2. The van der Waals surface area contributed by atoms with Crippen LogP contribution in [-0.2, 0) is 9.47 Å². The van der Waals surface area contributed by atoms with Crippen LogP contribution in [0.5, 0.6) is 0 Å². The van der Waals surface area contributed by atoms with Crippen molar-refractivity contribution in [2.45, 2.75) is 38.3 Å². The first-order valence-electron chi connectivity index (χ1n) is 3.79. The highest BCUT2D eigenvalue weighted by Crippen LogP contribution is 2.32. The zero-order valence-electron chi connectivity index (χ0n) is 6.96. The van der Waals surface area contributed by atoms with E-state index in [0.29, 0.717) is 0 Å². The quantitative estimate of drug-likeness (QED) is 0.685. The van der Waals surface area contributed by atoms with Crippen LogP contribution >= 0.6 is 0 Å². The molecule has 12 heavy (non-hydrogen) atoms. The number of rotatable bonds is 2. The minimum absolute atomic E-state index is 0.350. The molecule has 1 fully saturated rings. The largest absolute Gasteiger partial charge is 0.388 e.